The van der Waals surface area contributed by atoms with E-state index in [-0.39, 0.29) is 23.7 Å². The van der Waals surface area contributed by atoms with E-state index in [0.29, 0.717) is 13.0 Å². The predicted octanol–water partition coefficient (Wildman–Crippen LogP) is 2.63. The highest BCUT2D eigenvalue weighted by atomic mass is 16.4. The Morgan fingerprint density at radius 1 is 1.00 bits per heavy atom. The molecule has 1 atom stereocenters. The fourth-order valence-corrected chi connectivity index (χ4v) is 1.90. The third-order valence-electron chi connectivity index (χ3n) is 2.69. The quantitative estimate of drug-likeness (QED) is 0.762. The Bertz CT molecular complexity index is 285. The SMILES string of the molecule is CC(C)C[C@@H](C(=O)O)N(CC(C)C)C(=O)C(C)C. The smallest absolute Gasteiger partial charge is 0.326 e. The van der Waals surface area contributed by atoms with E-state index in [1.807, 2.05) is 41.5 Å². The third-order valence-corrected chi connectivity index (χ3v) is 2.69. The average Bonchev–Trinajstić information content (AvgIpc) is 2.20. The molecule has 0 aliphatic carbocycles. The summed E-state index contributed by atoms with van der Waals surface area (Å²) in [5.41, 5.74) is 0. The fourth-order valence-electron chi connectivity index (χ4n) is 1.90. The first-order valence-corrected chi connectivity index (χ1v) is 6.70. The standard InChI is InChI=1S/C14H27NO3/c1-9(2)7-12(14(17)18)15(8-10(3)4)13(16)11(5)6/h9-12H,7-8H2,1-6H3,(H,17,18)/t12-/m0/s1. The summed E-state index contributed by atoms with van der Waals surface area (Å²) in [4.78, 5) is 25.1. The van der Waals surface area contributed by atoms with E-state index in [0.717, 1.165) is 0 Å². The van der Waals surface area contributed by atoms with Crippen molar-refractivity contribution in [2.24, 2.45) is 17.8 Å². The highest BCUT2D eigenvalue weighted by Crippen LogP contribution is 2.17. The van der Waals surface area contributed by atoms with Crippen LogP contribution in [-0.2, 0) is 9.59 Å². The minimum atomic E-state index is -0.904. The van der Waals surface area contributed by atoms with Crippen molar-refractivity contribution in [2.75, 3.05) is 6.54 Å². The molecule has 0 aromatic rings. The van der Waals surface area contributed by atoms with E-state index < -0.39 is 12.0 Å². The summed E-state index contributed by atoms with van der Waals surface area (Å²) in [7, 11) is 0. The number of carboxylic acids is 1. The van der Waals surface area contributed by atoms with Gasteiger partial charge in [0.15, 0.2) is 0 Å². The minimum absolute atomic E-state index is 0.0725. The summed E-state index contributed by atoms with van der Waals surface area (Å²) >= 11 is 0. The fraction of sp³-hybridized carbons (Fsp3) is 0.857. The second-order valence-electron chi connectivity index (χ2n) is 6.02. The maximum absolute atomic E-state index is 12.2. The van der Waals surface area contributed by atoms with Crippen LogP contribution in [0.2, 0.25) is 0 Å². The zero-order chi connectivity index (χ0) is 14.5. The lowest BCUT2D eigenvalue weighted by Gasteiger charge is -2.32. The van der Waals surface area contributed by atoms with Crippen molar-refractivity contribution in [3.63, 3.8) is 0 Å². The van der Waals surface area contributed by atoms with Crippen molar-refractivity contribution in [1.82, 2.24) is 4.90 Å². The molecule has 0 rings (SSSR count). The first kappa shape index (κ1) is 16.9. The molecule has 0 saturated heterocycles. The van der Waals surface area contributed by atoms with Crippen molar-refractivity contribution in [3.05, 3.63) is 0 Å². The summed E-state index contributed by atoms with van der Waals surface area (Å²) in [6, 6.07) is -0.706. The van der Waals surface area contributed by atoms with Gasteiger partial charge in [-0.05, 0) is 18.3 Å². The van der Waals surface area contributed by atoms with E-state index in [1.54, 1.807) is 0 Å². The van der Waals surface area contributed by atoms with Gasteiger partial charge in [-0.1, -0.05) is 41.5 Å². The number of amides is 1. The summed E-state index contributed by atoms with van der Waals surface area (Å²) in [6.07, 6.45) is 0.501. The van der Waals surface area contributed by atoms with Crippen molar-refractivity contribution in [3.8, 4) is 0 Å². The predicted molar refractivity (Wildman–Crippen MR) is 72.3 cm³/mol. The number of carbonyl (C=O) groups excluding carboxylic acids is 1. The zero-order valence-corrected chi connectivity index (χ0v) is 12.4. The zero-order valence-electron chi connectivity index (χ0n) is 12.4. The van der Waals surface area contributed by atoms with Gasteiger partial charge in [0.2, 0.25) is 5.91 Å². The molecule has 0 aromatic carbocycles. The van der Waals surface area contributed by atoms with Crippen LogP contribution in [0.3, 0.4) is 0 Å². The van der Waals surface area contributed by atoms with E-state index in [2.05, 4.69) is 0 Å². The van der Waals surface area contributed by atoms with Gasteiger partial charge in [0.25, 0.3) is 0 Å². The average molecular weight is 257 g/mol. The molecular weight excluding hydrogens is 230 g/mol. The van der Waals surface area contributed by atoms with E-state index >= 15 is 0 Å². The first-order chi connectivity index (χ1) is 8.16. The second kappa shape index (κ2) is 7.39. The van der Waals surface area contributed by atoms with Crippen LogP contribution in [-0.4, -0.2) is 34.5 Å². The summed E-state index contributed by atoms with van der Waals surface area (Å²) in [5, 5.41) is 9.34. The molecule has 1 N–H and O–H groups in total. The van der Waals surface area contributed by atoms with Crippen LogP contribution >= 0.6 is 0 Å². The topological polar surface area (TPSA) is 57.6 Å². The minimum Gasteiger partial charge on any atom is -0.480 e. The van der Waals surface area contributed by atoms with Crippen LogP contribution in [0.5, 0.6) is 0 Å². The van der Waals surface area contributed by atoms with Crippen LogP contribution in [0.1, 0.15) is 48.0 Å². The Morgan fingerprint density at radius 3 is 1.78 bits per heavy atom. The van der Waals surface area contributed by atoms with Gasteiger partial charge >= 0.3 is 5.97 Å². The van der Waals surface area contributed by atoms with Gasteiger partial charge in [0.1, 0.15) is 6.04 Å². The van der Waals surface area contributed by atoms with Gasteiger partial charge in [-0.25, -0.2) is 4.79 Å². The summed E-state index contributed by atoms with van der Waals surface area (Å²) < 4.78 is 0. The number of nitrogens with zero attached hydrogens (tertiary/aromatic N) is 1. The molecule has 0 heterocycles. The van der Waals surface area contributed by atoms with Crippen LogP contribution in [0.25, 0.3) is 0 Å². The van der Waals surface area contributed by atoms with Crippen LogP contribution < -0.4 is 0 Å². The van der Waals surface area contributed by atoms with Crippen molar-refractivity contribution in [1.29, 1.82) is 0 Å². The van der Waals surface area contributed by atoms with Gasteiger partial charge in [-0.3, -0.25) is 4.79 Å². The molecule has 0 bridgehead atoms. The molecule has 4 heteroatoms. The third kappa shape index (κ3) is 5.52. The number of hydrogen-bond acceptors (Lipinski definition) is 2. The lowest BCUT2D eigenvalue weighted by Crippen LogP contribution is -2.49. The van der Waals surface area contributed by atoms with Gasteiger partial charge in [-0.2, -0.15) is 0 Å². The Balaban J connectivity index is 5.09. The van der Waals surface area contributed by atoms with Crippen LogP contribution in [0.15, 0.2) is 0 Å². The Kier molecular flexibility index (Phi) is 6.96. The molecule has 106 valence electrons. The molecule has 0 aromatic heterocycles. The monoisotopic (exact) mass is 257 g/mol. The molecule has 4 nitrogen and oxygen atoms in total. The molecule has 18 heavy (non-hydrogen) atoms. The van der Waals surface area contributed by atoms with E-state index in [4.69, 9.17) is 0 Å². The van der Waals surface area contributed by atoms with Gasteiger partial charge in [0.05, 0.1) is 0 Å². The molecule has 0 fully saturated rings. The number of carbonyl (C=O) groups is 2. The highest BCUT2D eigenvalue weighted by Gasteiger charge is 2.31. The summed E-state index contributed by atoms with van der Waals surface area (Å²) in [5.74, 6) is -0.629. The maximum Gasteiger partial charge on any atom is 0.326 e. The number of hydrogen-bond donors (Lipinski definition) is 1. The molecule has 0 spiro atoms. The Morgan fingerprint density at radius 2 is 1.50 bits per heavy atom. The second-order valence-corrected chi connectivity index (χ2v) is 6.02. The number of rotatable bonds is 7. The molecule has 1 amide bonds. The largest absolute Gasteiger partial charge is 0.480 e. The lowest BCUT2D eigenvalue weighted by atomic mass is 9.99. The maximum atomic E-state index is 12.2. The van der Waals surface area contributed by atoms with Gasteiger partial charge in [0, 0.05) is 12.5 Å². The normalized spacial score (nSPS) is 13.2. The van der Waals surface area contributed by atoms with E-state index in [9.17, 15) is 14.7 Å². The molecule has 0 radical (unpaired) electrons. The Labute approximate surface area is 110 Å². The summed E-state index contributed by atoms with van der Waals surface area (Å²) in [6.45, 7) is 12.1. The Hall–Kier alpha value is -1.06. The number of aliphatic carboxylic acids is 1. The molecule has 0 aliphatic rings. The molecular formula is C14H27NO3. The van der Waals surface area contributed by atoms with E-state index in [1.165, 1.54) is 4.90 Å². The molecule has 0 saturated carbocycles. The first-order valence-electron chi connectivity index (χ1n) is 6.70. The van der Waals surface area contributed by atoms with Gasteiger partial charge < -0.3 is 10.0 Å². The van der Waals surface area contributed by atoms with Crippen molar-refractivity contribution in [2.45, 2.75) is 54.0 Å². The van der Waals surface area contributed by atoms with Crippen LogP contribution in [0, 0.1) is 17.8 Å². The van der Waals surface area contributed by atoms with Crippen molar-refractivity contribution < 1.29 is 14.7 Å². The van der Waals surface area contributed by atoms with Crippen LogP contribution in [0.4, 0.5) is 0 Å². The van der Waals surface area contributed by atoms with Crippen molar-refractivity contribution >= 4 is 11.9 Å². The lowest BCUT2D eigenvalue weighted by molar-refractivity contribution is -0.152. The highest BCUT2D eigenvalue weighted by molar-refractivity contribution is 5.84. The van der Waals surface area contributed by atoms with Gasteiger partial charge in [-0.15, -0.1) is 0 Å². The molecule has 0 aliphatic heterocycles. The number of carboxylic acid groups (broad SMARTS) is 1. The molecule has 0 unspecified atom stereocenters.